The first-order valence-corrected chi connectivity index (χ1v) is 8.24. The van der Waals surface area contributed by atoms with Gasteiger partial charge in [-0.15, -0.1) is 0 Å². The van der Waals surface area contributed by atoms with E-state index >= 15 is 0 Å². The zero-order chi connectivity index (χ0) is 17.7. The highest BCUT2D eigenvalue weighted by Gasteiger charge is 2.11. The second-order valence-corrected chi connectivity index (χ2v) is 6.20. The van der Waals surface area contributed by atoms with Crippen molar-refractivity contribution in [2.24, 2.45) is 0 Å². The number of carbonyl (C=O) groups excluding carboxylic acids is 2. The van der Waals surface area contributed by atoms with Crippen LogP contribution in [0.1, 0.15) is 22.3 Å². The van der Waals surface area contributed by atoms with Crippen molar-refractivity contribution in [1.82, 2.24) is 5.32 Å². The fraction of sp³-hybridized carbons (Fsp3) is 0.176. The summed E-state index contributed by atoms with van der Waals surface area (Å²) in [6.07, 6.45) is -0.00710. The predicted octanol–water partition coefficient (Wildman–Crippen LogP) is 3.64. The molecule has 126 valence electrons. The number of nitrogens with one attached hydrogen (secondary N) is 2. The Labute approximate surface area is 151 Å². The monoisotopic (exact) mass is 444 g/mol. The number of rotatable bonds is 5. The summed E-state index contributed by atoms with van der Waals surface area (Å²) >= 11 is 1.55. The zero-order valence-electron chi connectivity index (χ0n) is 12.8. The number of anilines is 1. The van der Waals surface area contributed by atoms with Crippen LogP contribution in [0.15, 0.2) is 36.4 Å². The topological polar surface area (TPSA) is 58.2 Å². The molecule has 0 unspecified atom stereocenters. The maximum atomic E-state index is 13.4. The van der Waals surface area contributed by atoms with Crippen LogP contribution in [0, 0.1) is 22.1 Å². The lowest BCUT2D eigenvalue weighted by molar-refractivity contribution is -0.116. The van der Waals surface area contributed by atoms with Crippen molar-refractivity contribution in [3.05, 3.63) is 62.7 Å². The molecule has 0 aliphatic carbocycles. The lowest BCUT2D eigenvalue weighted by Gasteiger charge is -2.09. The maximum absolute atomic E-state index is 13.4. The van der Waals surface area contributed by atoms with E-state index in [1.165, 1.54) is 0 Å². The lowest BCUT2D eigenvalue weighted by atomic mass is 10.1. The van der Waals surface area contributed by atoms with Crippen LogP contribution < -0.4 is 10.6 Å². The van der Waals surface area contributed by atoms with E-state index in [0.717, 1.165) is 17.7 Å². The van der Waals surface area contributed by atoms with Gasteiger partial charge in [-0.3, -0.25) is 9.59 Å². The van der Waals surface area contributed by atoms with Crippen molar-refractivity contribution < 1.29 is 18.4 Å². The summed E-state index contributed by atoms with van der Waals surface area (Å²) in [5.74, 6) is -2.19. The quantitative estimate of drug-likeness (QED) is 0.547. The van der Waals surface area contributed by atoms with Gasteiger partial charge in [-0.1, -0.05) is 18.2 Å². The summed E-state index contributed by atoms with van der Waals surface area (Å²) in [5, 5.41) is 5.04. The highest BCUT2D eigenvalue weighted by atomic mass is 127. The minimum absolute atomic E-state index is 0.00710. The van der Waals surface area contributed by atoms with Crippen LogP contribution in [0.25, 0.3) is 0 Å². The van der Waals surface area contributed by atoms with E-state index in [4.69, 9.17) is 0 Å². The molecule has 0 saturated carbocycles. The molecule has 0 saturated heterocycles. The third kappa shape index (κ3) is 4.73. The van der Waals surface area contributed by atoms with Crippen LogP contribution in [-0.4, -0.2) is 18.4 Å². The normalized spacial score (nSPS) is 10.3. The SMILES string of the molecule is Cc1ccccc1C(=O)NCCC(=O)Nc1cc(F)c(I)c(F)c1. The third-order valence-corrected chi connectivity index (χ3v) is 4.33. The molecular formula is C17H15F2IN2O2. The molecule has 0 aromatic heterocycles. The van der Waals surface area contributed by atoms with E-state index in [9.17, 15) is 18.4 Å². The Hall–Kier alpha value is -2.03. The van der Waals surface area contributed by atoms with Gasteiger partial charge in [0.15, 0.2) is 0 Å². The number of hydrogen-bond acceptors (Lipinski definition) is 2. The average Bonchev–Trinajstić information content (AvgIpc) is 2.52. The van der Waals surface area contributed by atoms with Crippen molar-refractivity contribution in [3.63, 3.8) is 0 Å². The van der Waals surface area contributed by atoms with Gasteiger partial charge >= 0.3 is 0 Å². The Morgan fingerprint density at radius 2 is 1.75 bits per heavy atom. The standard InChI is InChI=1S/C17H15F2IN2O2/c1-10-4-2-3-5-12(10)17(24)21-7-6-15(23)22-11-8-13(18)16(20)14(19)9-11/h2-5,8-9H,6-7H2,1H3,(H,21,24)(H,22,23). The van der Waals surface area contributed by atoms with Crippen molar-refractivity contribution in [1.29, 1.82) is 0 Å². The molecular weight excluding hydrogens is 429 g/mol. The Morgan fingerprint density at radius 3 is 2.38 bits per heavy atom. The average molecular weight is 444 g/mol. The number of hydrogen-bond donors (Lipinski definition) is 2. The molecule has 2 rings (SSSR count). The molecule has 0 aliphatic heterocycles. The second-order valence-electron chi connectivity index (χ2n) is 5.12. The van der Waals surface area contributed by atoms with Crippen molar-refractivity contribution in [2.75, 3.05) is 11.9 Å². The molecule has 2 aromatic carbocycles. The van der Waals surface area contributed by atoms with Gasteiger partial charge in [-0.2, -0.15) is 0 Å². The minimum atomic E-state index is -0.737. The summed E-state index contributed by atoms with van der Waals surface area (Å²) < 4.78 is 26.7. The molecule has 0 aliphatic rings. The molecule has 0 radical (unpaired) electrons. The molecule has 2 aromatic rings. The van der Waals surface area contributed by atoms with Gasteiger partial charge in [0.2, 0.25) is 5.91 Å². The summed E-state index contributed by atoms with van der Waals surface area (Å²) in [6.45, 7) is 1.94. The minimum Gasteiger partial charge on any atom is -0.352 e. The molecule has 2 N–H and O–H groups in total. The van der Waals surface area contributed by atoms with Crippen LogP contribution in [-0.2, 0) is 4.79 Å². The number of aryl methyl sites for hydroxylation is 1. The smallest absolute Gasteiger partial charge is 0.251 e. The molecule has 0 atom stereocenters. The predicted molar refractivity (Wildman–Crippen MR) is 95.8 cm³/mol. The molecule has 4 nitrogen and oxygen atoms in total. The molecule has 7 heteroatoms. The maximum Gasteiger partial charge on any atom is 0.251 e. The summed E-state index contributed by atoms with van der Waals surface area (Å²) in [7, 11) is 0. The first kappa shape index (κ1) is 18.3. The summed E-state index contributed by atoms with van der Waals surface area (Å²) in [4.78, 5) is 23.8. The zero-order valence-corrected chi connectivity index (χ0v) is 15.0. The first-order valence-electron chi connectivity index (χ1n) is 7.16. The number of benzene rings is 2. The Morgan fingerprint density at radius 1 is 1.12 bits per heavy atom. The van der Waals surface area contributed by atoms with Crippen LogP contribution >= 0.6 is 22.6 Å². The van der Waals surface area contributed by atoms with E-state index in [1.54, 1.807) is 34.7 Å². The largest absolute Gasteiger partial charge is 0.352 e. The third-order valence-electron chi connectivity index (χ3n) is 3.29. The van der Waals surface area contributed by atoms with Crippen LogP contribution in [0.2, 0.25) is 0 Å². The number of amides is 2. The van der Waals surface area contributed by atoms with Gasteiger partial charge in [0.05, 0.1) is 3.57 Å². The summed E-state index contributed by atoms with van der Waals surface area (Å²) in [5.41, 5.74) is 1.42. The van der Waals surface area contributed by atoms with Gasteiger partial charge < -0.3 is 10.6 Å². The Kier molecular flexibility index (Phi) is 6.24. The molecule has 0 bridgehead atoms. The molecule has 0 fully saturated rings. The van der Waals surface area contributed by atoms with Gasteiger partial charge in [0, 0.05) is 24.2 Å². The van der Waals surface area contributed by atoms with Gasteiger partial charge in [0.1, 0.15) is 11.6 Å². The van der Waals surface area contributed by atoms with E-state index in [-0.39, 0.29) is 28.1 Å². The van der Waals surface area contributed by atoms with Crippen LogP contribution in [0.5, 0.6) is 0 Å². The number of halogens is 3. The fourth-order valence-electron chi connectivity index (χ4n) is 2.06. The van der Waals surface area contributed by atoms with E-state index < -0.39 is 17.5 Å². The Bertz CT molecular complexity index is 758. The molecule has 0 heterocycles. The van der Waals surface area contributed by atoms with Gasteiger partial charge in [0.25, 0.3) is 5.91 Å². The highest BCUT2D eigenvalue weighted by Crippen LogP contribution is 2.20. The van der Waals surface area contributed by atoms with E-state index in [0.29, 0.717) is 5.56 Å². The van der Waals surface area contributed by atoms with Crippen molar-refractivity contribution in [2.45, 2.75) is 13.3 Å². The van der Waals surface area contributed by atoms with Gasteiger partial charge in [-0.25, -0.2) is 8.78 Å². The first-order chi connectivity index (χ1) is 11.4. The van der Waals surface area contributed by atoms with Gasteiger partial charge in [-0.05, 0) is 53.3 Å². The molecule has 0 spiro atoms. The fourth-order valence-corrected chi connectivity index (χ4v) is 2.38. The highest BCUT2D eigenvalue weighted by molar-refractivity contribution is 14.1. The van der Waals surface area contributed by atoms with E-state index in [2.05, 4.69) is 10.6 Å². The van der Waals surface area contributed by atoms with E-state index in [1.807, 2.05) is 19.1 Å². The Balaban J connectivity index is 1.86. The van der Waals surface area contributed by atoms with Crippen molar-refractivity contribution in [3.8, 4) is 0 Å². The van der Waals surface area contributed by atoms with Crippen LogP contribution in [0.3, 0.4) is 0 Å². The van der Waals surface area contributed by atoms with Crippen LogP contribution in [0.4, 0.5) is 14.5 Å². The second kappa shape index (κ2) is 8.18. The molecule has 2 amide bonds. The number of carbonyl (C=O) groups is 2. The summed E-state index contributed by atoms with van der Waals surface area (Å²) in [6, 6.07) is 9.21. The lowest BCUT2D eigenvalue weighted by Crippen LogP contribution is -2.28. The van der Waals surface area contributed by atoms with Crippen molar-refractivity contribution >= 4 is 40.1 Å². The molecule has 24 heavy (non-hydrogen) atoms.